The number of amides is 1. The van der Waals surface area contributed by atoms with Crippen LogP contribution in [0.3, 0.4) is 0 Å². The molecule has 1 aromatic rings. The van der Waals surface area contributed by atoms with Gasteiger partial charge in [-0.2, -0.15) is 0 Å². The molecular weight excluding hydrogens is 286 g/mol. The number of nitrogens with zero attached hydrogens (tertiary/aromatic N) is 1. The van der Waals surface area contributed by atoms with Crippen molar-refractivity contribution < 1.29 is 4.79 Å². The Labute approximate surface area is 131 Å². The molecule has 0 heterocycles. The summed E-state index contributed by atoms with van der Waals surface area (Å²) in [6.07, 6.45) is 2.55. The zero-order valence-corrected chi connectivity index (χ0v) is 13.7. The summed E-state index contributed by atoms with van der Waals surface area (Å²) in [7, 11) is 0. The van der Waals surface area contributed by atoms with E-state index in [-0.39, 0.29) is 11.9 Å². The molecule has 1 atom stereocenters. The number of nitrogens with two attached hydrogens (primary N) is 1. The van der Waals surface area contributed by atoms with Crippen LogP contribution in [0.1, 0.15) is 33.6 Å². The summed E-state index contributed by atoms with van der Waals surface area (Å²) in [4.78, 5) is 14.7. The average molecular weight is 310 g/mol. The van der Waals surface area contributed by atoms with E-state index < -0.39 is 0 Å². The number of rotatable bonds is 6. The van der Waals surface area contributed by atoms with Crippen LogP contribution in [-0.4, -0.2) is 29.4 Å². The third-order valence-electron chi connectivity index (χ3n) is 3.98. The number of carbonyl (C=O) groups excluding carboxylic acids is 1. The molecule has 4 nitrogen and oxygen atoms in total. The molecule has 1 aliphatic carbocycles. The summed E-state index contributed by atoms with van der Waals surface area (Å²) < 4.78 is 0. The molecule has 21 heavy (non-hydrogen) atoms. The second-order valence-corrected chi connectivity index (χ2v) is 6.57. The topological polar surface area (TPSA) is 58.4 Å². The predicted molar refractivity (Wildman–Crippen MR) is 88.5 cm³/mol. The van der Waals surface area contributed by atoms with Gasteiger partial charge in [-0.15, -0.1) is 0 Å². The Balaban J connectivity index is 2.04. The minimum Gasteiger partial charge on any atom is -0.397 e. The van der Waals surface area contributed by atoms with Crippen molar-refractivity contribution in [2.24, 2.45) is 5.92 Å². The molecule has 0 spiro atoms. The zero-order chi connectivity index (χ0) is 15.6. The lowest BCUT2D eigenvalue weighted by atomic mass is 10.1. The molecule has 0 bridgehead atoms. The Hall–Kier alpha value is -1.26. The van der Waals surface area contributed by atoms with Crippen molar-refractivity contribution in [1.82, 2.24) is 4.90 Å². The van der Waals surface area contributed by atoms with Crippen molar-refractivity contribution in [3.63, 3.8) is 0 Å². The quantitative estimate of drug-likeness (QED) is 0.792. The third kappa shape index (κ3) is 4.35. The lowest BCUT2D eigenvalue weighted by molar-refractivity contribution is -0.121. The van der Waals surface area contributed by atoms with E-state index >= 15 is 0 Å². The molecule has 3 N–H and O–H groups in total. The largest absolute Gasteiger partial charge is 0.397 e. The summed E-state index contributed by atoms with van der Waals surface area (Å²) in [6.45, 7) is 7.18. The highest BCUT2D eigenvalue weighted by Gasteiger charge is 2.30. The van der Waals surface area contributed by atoms with E-state index in [0.717, 1.165) is 12.5 Å². The second-order valence-electron chi connectivity index (χ2n) is 6.13. The van der Waals surface area contributed by atoms with Crippen molar-refractivity contribution >= 4 is 28.9 Å². The smallest absolute Gasteiger partial charge is 0.241 e. The van der Waals surface area contributed by atoms with Gasteiger partial charge in [0.2, 0.25) is 5.91 Å². The standard InChI is InChI=1S/C16H24ClN3O/c1-10(2)20(9-12-4-5-12)11(3)16(21)19-15-8-13(17)6-7-14(15)18/h6-8,10-12H,4-5,9,18H2,1-3H3,(H,19,21). The van der Waals surface area contributed by atoms with Gasteiger partial charge in [-0.3, -0.25) is 9.69 Å². The molecule has 1 unspecified atom stereocenters. The number of nitrogen functional groups attached to an aromatic ring is 1. The van der Waals surface area contributed by atoms with Gasteiger partial charge in [-0.25, -0.2) is 0 Å². The molecule has 116 valence electrons. The first-order valence-corrected chi connectivity index (χ1v) is 7.88. The molecule has 5 heteroatoms. The SMILES string of the molecule is CC(C)N(CC1CC1)C(C)C(=O)Nc1cc(Cl)ccc1N. The molecule has 2 rings (SSSR count). The van der Waals surface area contributed by atoms with Crippen LogP contribution in [0.15, 0.2) is 18.2 Å². The fourth-order valence-electron chi connectivity index (χ4n) is 2.44. The molecule has 1 saturated carbocycles. The van der Waals surface area contributed by atoms with E-state index in [2.05, 4.69) is 24.1 Å². The summed E-state index contributed by atoms with van der Waals surface area (Å²) >= 11 is 5.95. The summed E-state index contributed by atoms with van der Waals surface area (Å²) in [5.41, 5.74) is 6.98. The van der Waals surface area contributed by atoms with Crippen molar-refractivity contribution in [3.05, 3.63) is 23.2 Å². The third-order valence-corrected chi connectivity index (χ3v) is 4.21. The molecule has 1 aliphatic rings. The maximum absolute atomic E-state index is 12.5. The maximum Gasteiger partial charge on any atom is 0.241 e. The van der Waals surface area contributed by atoms with E-state index in [1.807, 2.05) is 6.92 Å². The van der Waals surface area contributed by atoms with Crippen molar-refractivity contribution in [2.45, 2.75) is 45.7 Å². The van der Waals surface area contributed by atoms with Gasteiger partial charge in [0, 0.05) is 17.6 Å². The van der Waals surface area contributed by atoms with Crippen LogP contribution in [0.4, 0.5) is 11.4 Å². The summed E-state index contributed by atoms with van der Waals surface area (Å²) in [5, 5.41) is 3.45. The monoisotopic (exact) mass is 309 g/mol. The fourth-order valence-corrected chi connectivity index (χ4v) is 2.61. The molecule has 0 aliphatic heterocycles. The lowest BCUT2D eigenvalue weighted by Crippen LogP contribution is -2.46. The highest BCUT2D eigenvalue weighted by Crippen LogP contribution is 2.31. The Morgan fingerprint density at radius 3 is 2.67 bits per heavy atom. The van der Waals surface area contributed by atoms with Crippen LogP contribution < -0.4 is 11.1 Å². The second kappa shape index (κ2) is 6.67. The van der Waals surface area contributed by atoms with Crippen LogP contribution in [0.5, 0.6) is 0 Å². The van der Waals surface area contributed by atoms with Crippen molar-refractivity contribution in [3.8, 4) is 0 Å². The van der Waals surface area contributed by atoms with Crippen LogP contribution in [-0.2, 0) is 4.79 Å². The molecule has 0 radical (unpaired) electrons. The highest BCUT2D eigenvalue weighted by molar-refractivity contribution is 6.31. The van der Waals surface area contributed by atoms with Crippen molar-refractivity contribution in [2.75, 3.05) is 17.6 Å². The Morgan fingerprint density at radius 1 is 1.43 bits per heavy atom. The lowest BCUT2D eigenvalue weighted by Gasteiger charge is -2.32. The van der Waals surface area contributed by atoms with E-state index in [9.17, 15) is 4.79 Å². The number of nitrogens with one attached hydrogen (secondary N) is 1. The summed E-state index contributed by atoms with van der Waals surface area (Å²) in [6, 6.07) is 5.24. The number of hydrogen-bond acceptors (Lipinski definition) is 3. The molecule has 0 aromatic heterocycles. The van der Waals surface area contributed by atoms with Crippen molar-refractivity contribution in [1.29, 1.82) is 0 Å². The molecule has 0 saturated heterocycles. The number of benzene rings is 1. The first kappa shape index (κ1) is 16.1. The van der Waals surface area contributed by atoms with Gasteiger partial charge in [-0.1, -0.05) is 11.6 Å². The van der Waals surface area contributed by atoms with E-state index in [1.54, 1.807) is 18.2 Å². The summed E-state index contributed by atoms with van der Waals surface area (Å²) in [5.74, 6) is 0.706. The predicted octanol–water partition coefficient (Wildman–Crippen LogP) is 3.37. The van der Waals surface area contributed by atoms with Gasteiger partial charge in [0.15, 0.2) is 0 Å². The average Bonchev–Trinajstić information content (AvgIpc) is 3.23. The van der Waals surface area contributed by atoms with Gasteiger partial charge in [0.25, 0.3) is 0 Å². The Kier molecular flexibility index (Phi) is 5.12. The molecule has 1 aromatic carbocycles. The number of anilines is 2. The Morgan fingerprint density at radius 2 is 2.10 bits per heavy atom. The number of halogens is 1. The van der Waals surface area contributed by atoms with Crippen LogP contribution in [0.2, 0.25) is 5.02 Å². The highest BCUT2D eigenvalue weighted by atomic mass is 35.5. The minimum absolute atomic E-state index is 0.0432. The first-order chi connectivity index (χ1) is 9.88. The molecule has 1 amide bonds. The van der Waals surface area contributed by atoms with E-state index in [1.165, 1.54) is 12.8 Å². The van der Waals surface area contributed by atoms with Crippen LogP contribution >= 0.6 is 11.6 Å². The van der Waals surface area contributed by atoms with Gasteiger partial charge >= 0.3 is 0 Å². The molecular formula is C16H24ClN3O. The van der Waals surface area contributed by atoms with Gasteiger partial charge in [-0.05, 0) is 57.7 Å². The number of hydrogen-bond donors (Lipinski definition) is 2. The van der Waals surface area contributed by atoms with Gasteiger partial charge in [0.05, 0.1) is 17.4 Å². The van der Waals surface area contributed by atoms with Gasteiger partial charge in [0.1, 0.15) is 0 Å². The number of carbonyl (C=O) groups is 1. The first-order valence-electron chi connectivity index (χ1n) is 7.50. The minimum atomic E-state index is -0.191. The zero-order valence-electron chi connectivity index (χ0n) is 12.9. The van der Waals surface area contributed by atoms with Gasteiger partial charge < -0.3 is 11.1 Å². The van der Waals surface area contributed by atoms with E-state index in [4.69, 9.17) is 17.3 Å². The van der Waals surface area contributed by atoms with E-state index in [0.29, 0.717) is 22.4 Å². The fraction of sp³-hybridized carbons (Fsp3) is 0.562. The normalized spacial score (nSPS) is 16.3. The van der Waals surface area contributed by atoms with Crippen LogP contribution in [0.25, 0.3) is 0 Å². The molecule has 1 fully saturated rings. The maximum atomic E-state index is 12.5. The van der Waals surface area contributed by atoms with Crippen LogP contribution in [0, 0.1) is 5.92 Å². The Bertz CT molecular complexity index is 514.